The molecule has 17 heavy (non-hydrogen) atoms. The van der Waals surface area contributed by atoms with Crippen molar-refractivity contribution in [2.24, 2.45) is 17.8 Å². The summed E-state index contributed by atoms with van der Waals surface area (Å²) < 4.78 is 6.08. The van der Waals surface area contributed by atoms with Crippen LogP contribution < -0.4 is 5.32 Å². The fourth-order valence-corrected chi connectivity index (χ4v) is 2.81. The predicted octanol–water partition coefficient (Wildman–Crippen LogP) is 3.46. The number of rotatable bonds is 6. The minimum atomic E-state index is 0.509. The van der Waals surface area contributed by atoms with E-state index >= 15 is 0 Å². The van der Waals surface area contributed by atoms with E-state index in [-0.39, 0.29) is 0 Å². The molecule has 1 saturated carbocycles. The van der Waals surface area contributed by atoms with E-state index < -0.39 is 0 Å². The summed E-state index contributed by atoms with van der Waals surface area (Å²) in [5.74, 6) is 2.30. The van der Waals surface area contributed by atoms with Gasteiger partial charge in [0.25, 0.3) is 0 Å². The van der Waals surface area contributed by atoms with Gasteiger partial charge in [0.2, 0.25) is 0 Å². The molecule has 0 amide bonds. The molecular formula is C15H31NO. The Labute approximate surface area is 108 Å². The lowest BCUT2D eigenvalue weighted by atomic mass is 9.82. The maximum atomic E-state index is 6.08. The highest BCUT2D eigenvalue weighted by Crippen LogP contribution is 2.30. The largest absolute Gasteiger partial charge is 0.378 e. The molecule has 1 rings (SSSR count). The molecule has 0 bridgehead atoms. The van der Waals surface area contributed by atoms with Gasteiger partial charge in [0.05, 0.1) is 12.7 Å². The number of nitrogens with one attached hydrogen (secondary N) is 1. The third kappa shape index (κ3) is 6.42. The Morgan fingerprint density at radius 2 is 1.65 bits per heavy atom. The Kier molecular flexibility index (Phi) is 6.50. The molecule has 0 saturated heterocycles. The molecule has 0 aromatic rings. The van der Waals surface area contributed by atoms with E-state index in [0.29, 0.717) is 18.1 Å². The van der Waals surface area contributed by atoms with Gasteiger partial charge in [0.15, 0.2) is 0 Å². The number of hydrogen-bond donors (Lipinski definition) is 1. The molecule has 3 atom stereocenters. The van der Waals surface area contributed by atoms with Crippen LogP contribution in [0.25, 0.3) is 0 Å². The molecule has 1 aliphatic rings. The van der Waals surface area contributed by atoms with Crippen LogP contribution in [-0.2, 0) is 4.74 Å². The van der Waals surface area contributed by atoms with Gasteiger partial charge in [-0.25, -0.2) is 0 Å². The highest BCUT2D eigenvalue weighted by molar-refractivity contribution is 4.75. The monoisotopic (exact) mass is 241 g/mol. The van der Waals surface area contributed by atoms with Gasteiger partial charge in [-0.2, -0.15) is 0 Å². The lowest BCUT2D eigenvalue weighted by Crippen LogP contribution is -2.32. The highest BCUT2D eigenvalue weighted by atomic mass is 16.5. The van der Waals surface area contributed by atoms with Crippen molar-refractivity contribution in [1.82, 2.24) is 5.32 Å². The van der Waals surface area contributed by atoms with Crippen LogP contribution in [-0.4, -0.2) is 25.3 Å². The topological polar surface area (TPSA) is 21.3 Å². The zero-order chi connectivity index (χ0) is 12.8. The Morgan fingerprint density at radius 1 is 1.06 bits per heavy atom. The molecule has 3 unspecified atom stereocenters. The molecule has 0 heterocycles. The summed E-state index contributed by atoms with van der Waals surface area (Å²) in [6.07, 6.45) is 4.41. The molecule has 102 valence electrons. The van der Waals surface area contributed by atoms with Crippen LogP contribution in [0.1, 0.15) is 53.9 Å². The summed E-state index contributed by atoms with van der Waals surface area (Å²) >= 11 is 0. The first-order valence-corrected chi connectivity index (χ1v) is 7.32. The lowest BCUT2D eigenvalue weighted by molar-refractivity contribution is -0.0132. The third-order valence-corrected chi connectivity index (χ3v) is 3.63. The van der Waals surface area contributed by atoms with Gasteiger partial charge in [0.1, 0.15) is 0 Å². The average molecular weight is 241 g/mol. The van der Waals surface area contributed by atoms with Crippen LogP contribution in [0.2, 0.25) is 0 Å². The minimum Gasteiger partial charge on any atom is -0.378 e. The first kappa shape index (κ1) is 15.0. The standard InChI is InChI=1S/C15H31NO/c1-11(2)16-9-14(5)10-17-15-7-12(3)6-13(4)8-15/h11-16H,6-10H2,1-5H3. The van der Waals surface area contributed by atoms with E-state index in [0.717, 1.165) is 25.0 Å². The second kappa shape index (κ2) is 7.38. The highest BCUT2D eigenvalue weighted by Gasteiger charge is 2.24. The molecule has 1 aliphatic carbocycles. The van der Waals surface area contributed by atoms with Gasteiger partial charge in [-0.05, 0) is 37.0 Å². The maximum Gasteiger partial charge on any atom is 0.0580 e. The van der Waals surface area contributed by atoms with Crippen molar-refractivity contribution in [3.8, 4) is 0 Å². The Hall–Kier alpha value is -0.0800. The van der Waals surface area contributed by atoms with Gasteiger partial charge in [-0.3, -0.25) is 0 Å². The van der Waals surface area contributed by atoms with Gasteiger partial charge in [-0.15, -0.1) is 0 Å². The van der Waals surface area contributed by atoms with E-state index in [1.54, 1.807) is 0 Å². The van der Waals surface area contributed by atoms with E-state index in [4.69, 9.17) is 4.74 Å². The molecule has 1 N–H and O–H groups in total. The SMILES string of the molecule is CC(CNC(C)C)COC1CC(C)CC(C)C1. The number of ether oxygens (including phenoxy) is 1. The Balaban J connectivity index is 2.16. The smallest absolute Gasteiger partial charge is 0.0580 e. The van der Waals surface area contributed by atoms with Gasteiger partial charge < -0.3 is 10.1 Å². The lowest BCUT2D eigenvalue weighted by Gasteiger charge is -2.32. The summed E-state index contributed by atoms with van der Waals surface area (Å²) in [5.41, 5.74) is 0. The molecule has 2 nitrogen and oxygen atoms in total. The van der Waals surface area contributed by atoms with Crippen LogP contribution >= 0.6 is 0 Å². The van der Waals surface area contributed by atoms with Crippen molar-refractivity contribution in [1.29, 1.82) is 0 Å². The Morgan fingerprint density at radius 3 is 2.18 bits per heavy atom. The first-order valence-electron chi connectivity index (χ1n) is 7.32. The van der Waals surface area contributed by atoms with Crippen molar-refractivity contribution >= 4 is 0 Å². The predicted molar refractivity (Wildman–Crippen MR) is 74.2 cm³/mol. The fourth-order valence-electron chi connectivity index (χ4n) is 2.81. The average Bonchev–Trinajstić information content (AvgIpc) is 2.22. The van der Waals surface area contributed by atoms with E-state index in [9.17, 15) is 0 Å². The summed E-state index contributed by atoms with van der Waals surface area (Å²) in [7, 11) is 0. The summed E-state index contributed by atoms with van der Waals surface area (Å²) in [6.45, 7) is 13.3. The minimum absolute atomic E-state index is 0.509. The normalized spacial score (nSPS) is 31.8. The second-order valence-corrected chi connectivity index (χ2v) is 6.54. The zero-order valence-corrected chi connectivity index (χ0v) is 12.3. The van der Waals surface area contributed by atoms with Gasteiger partial charge in [-0.1, -0.05) is 34.6 Å². The second-order valence-electron chi connectivity index (χ2n) is 6.54. The summed E-state index contributed by atoms with van der Waals surface area (Å²) in [6, 6.07) is 0.576. The van der Waals surface area contributed by atoms with Crippen LogP contribution in [0.3, 0.4) is 0 Å². The van der Waals surface area contributed by atoms with Crippen LogP contribution in [0.15, 0.2) is 0 Å². The van der Waals surface area contributed by atoms with Crippen molar-refractivity contribution in [2.45, 2.75) is 66.0 Å². The van der Waals surface area contributed by atoms with Gasteiger partial charge in [0, 0.05) is 12.6 Å². The Bertz CT molecular complexity index is 195. The third-order valence-electron chi connectivity index (χ3n) is 3.63. The summed E-state index contributed by atoms with van der Waals surface area (Å²) in [5, 5.41) is 3.47. The zero-order valence-electron chi connectivity index (χ0n) is 12.3. The fraction of sp³-hybridized carbons (Fsp3) is 1.00. The quantitative estimate of drug-likeness (QED) is 0.769. The van der Waals surface area contributed by atoms with E-state index in [2.05, 4.69) is 39.9 Å². The molecule has 1 fully saturated rings. The molecular weight excluding hydrogens is 210 g/mol. The molecule has 0 aromatic heterocycles. The van der Waals surface area contributed by atoms with E-state index in [1.807, 2.05) is 0 Å². The molecule has 2 heteroatoms. The molecule has 0 radical (unpaired) electrons. The van der Waals surface area contributed by atoms with Crippen molar-refractivity contribution in [2.75, 3.05) is 13.2 Å². The number of hydrogen-bond acceptors (Lipinski definition) is 2. The first-order chi connectivity index (χ1) is 7.97. The van der Waals surface area contributed by atoms with Crippen molar-refractivity contribution in [3.63, 3.8) is 0 Å². The van der Waals surface area contributed by atoms with Crippen molar-refractivity contribution < 1.29 is 4.74 Å². The summed E-state index contributed by atoms with van der Waals surface area (Å²) in [4.78, 5) is 0. The molecule has 0 aliphatic heterocycles. The van der Waals surface area contributed by atoms with Crippen molar-refractivity contribution in [3.05, 3.63) is 0 Å². The van der Waals surface area contributed by atoms with Crippen LogP contribution in [0.4, 0.5) is 0 Å². The van der Waals surface area contributed by atoms with E-state index in [1.165, 1.54) is 19.3 Å². The van der Waals surface area contributed by atoms with Crippen LogP contribution in [0, 0.1) is 17.8 Å². The van der Waals surface area contributed by atoms with Gasteiger partial charge >= 0.3 is 0 Å². The van der Waals surface area contributed by atoms with Crippen LogP contribution in [0.5, 0.6) is 0 Å². The molecule has 0 aromatic carbocycles. The maximum absolute atomic E-state index is 6.08. The molecule has 0 spiro atoms.